The molecular weight excluding hydrogens is 268 g/mol. The van der Waals surface area contributed by atoms with Crippen molar-refractivity contribution in [2.24, 2.45) is 11.8 Å². The Bertz CT molecular complexity index is 493. The van der Waals surface area contributed by atoms with Crippen LogP contribution >= 0.6 is 0 Å². The highest BCUT2D eigenvalue weighted by Gasteiger charge is 2.18. The third kappa shape index (κ3) is 4.58. The van der Waals surface area contributed by atoms with Crippen LogP contribution in [-0.4, -0.2) is 23.5 Å². The highest BCUT2D eigenvalue weighted by atomic mass is 16.6. The van der Waals surface area contributed by atoms with Crippen LogP contribution in [0.4, 0.5) is 17.3 Å². The van der Waals surface area contributed by atoms with Gasteiger partial charge in [0.05, 0.1) is 17.1 Å². The molecule has 1 aliphatic carbocycles. The van der Waals surface area contributed by atoms with Crippen molar-refractivity contribution >= 4 is 17.3 Å². The van der Waals surface area contributed by atoms with Gasteiger partial charge in [0, 0.05) is 13.6 Å². The predicted octanol–water partition coefficient (Wildman–Crippen LogP) is 3.66. The van der Waals surface area contributed by atoms with E-state index in [1.807, 2.05) is 0 Å². The quantitative estimate of drug-likeness (QED) is 0.618. The lowest BCUT2D eigenvalue weighted by atomic mass is 9.81. The SMILES string of the molecule is CNc1cc([N+](=O)[O-])cc(NCCC2CCCC(C)C2)n1. The Hall–Kier alpha value is -1.85. The molecule has 1 aromatic rings. The molecule has 1 heterocycles. The van der Waals surface area contributed by atoms with Crippen molar-refractivity contribution in [1.29, 1.82) is 0 Å². The molecule has 1 saturated carbocycles. The summed E-state index contributed by atoms with van der Waals surface area (Å²) >= 11 is 0. The highest BCUT2D eigenvalue weighted by molar-refractivity contribution is 5.54. The normalized spacial score (nSPS) is 21.8. The monoisotopic (exact) mass is 292 g/mol. The minimum absolute atomic E-state index is 0.0585. The lowest BCUT2D eigenvalue weighted by molar-refractivity contribution is -0.384. The van der Waals surface area contributed by atoms with Crippen molar-refractivity contribution in [3.8, 4) is 0 Å². The van der Waals surface area contributed by atoms with Gasteiger partial charge >= 0.3 is 0 Å². The van der Waals surface area contributed by atoms with Gasteiger partial charge in [0.2, 0.25) is 0 Å². The van der Waals surface area contributed by atoms with Crippen molar-refractivity contribution in [3.63, 3.8) is 0 Å². The van der Waals surface area contributed by atoms with Gasteiger partial charge in [-0.2, -0.15) is 0 Å². The lowest BCUT2D eigenvalue weighted by Gasteiger charge is -2.26. The first-order valence-electron chi connectivity index (χ1n) is 7.66. The zero-order valence-electron chi connectivity index (χ0n) is 12.8. The topological polar surface area (TPSA) is 80.1 Å². The molecule has 2 unspecified atom stereocenters. The molecule has 2 atom stereocenters. The maximum absolute atomic E-state index is 10.9. The fourth-order valence-electron chi connectivity index (χ4n) is 3.07. The third-order valence-corrected chi connectivity index (χ3v) is 4.18. The Kier molecular flexibility index (Phi) is 5.36. The average molecular weight is 292 g/mol. The van der Waals surface area contributed by atoms with Crippen LogP contribution in [0.1, 0.15) is 39.0 Å². The number of nitro groups is 1. The van der Waals surface area contributed by atoms with E-state index in [0.717, 1.165) is 24.8 Å². The Balaban J connectivity index is 1.90. The molecule has 0 aliphatic heterocycles. The average Bonchev–Trinajstić information content (AvgIpc) is 2.47. The fraction of sp³-hybridized carbons (Fsp3) is 0.667. The first-order chi connectivity index (χ1) is 10.1. The molecule has 1 aliphatic rings. The van der Waals surface area contributed by atoms with E-state index in [9.17, 15) is 10.1 Å². The molecule has 0 saturated heterocycles. The summed E-state index contributed by atoms with van der Waals surface area (Å²) in [5.41, 5.74) is 0.0585. The molecule has 6 nitrogen and oxygen atoms in total. The number of hydrogen-bond acceptors (Lipinski definition) is 5. The molecule has 0 amide bonds. The summed E-state index contributed by atoms with van der Waals surface area (Å²) in [6.07, 6.45) is 6.37. The van der Waals surface area contributed by atoms with Crippen LogP contribution < -0.4 is 10.6 Å². The van der Waals surface area contributed by atoms with E-state index in [0.29, 0.717) is 11.6 Å². The van der Waals surface area contributed by atoms with Crippen LogP contribution in [0, 0.1) is 22.0 Å². The molecule has 0 bridgehead atoms. The second-order valence-electron chi connectivity index (χ2n) is 5.96. The van der Waals surface area contributed by atoms with E-state index in [-0.39, 0.29) is 5.69 Å². The smallest absolute Gasteiger partial charge is 0.276 e. The first kappa shape index (κ1) is 15.5. The van der Waals surface area contributed by atoms with E-state index in [2.05, 4.69) is 22.5 Å². The Labute approximate surface area is 125 Å². The van der Waals surface area contributed by atoms with Crippen LogP contribution in [0.3, 0.4) is 0 Å². The largest absolute Gasteiger partial charge is 0.373 e. The summed E-state index contributed by atoms with van der Waals surface area (Å²) < 4.78 is 0. The van der Waals surface area contributed by atoms with E-state index in [4.69, 9.17) is 0 Å². The van der Waals surface area contributed by atoms with Gasteiger partial charge in [-0.1, -0.05) is 26.2 Å². The van der Waals surface area contributed by atoms with Gasteiger partial charge in [-0.05, 0) is 24.7 Å². The number of nitrogens with zero attached hydrogens (tertiary/aromatic N) is 2. The molecule has 2 N–H and O–H groups in total. The summed E-state index contributed by atoms with van der Waals surface area (Å²) in [5.74, 6) is 2.68. The van der Waals surface area contributed by atoms with Gasteiger partial charge in [-0.15, -0.1) is 0 Å². The van der Waals surface area contributed by atoms with Crippen LogP contribution in [0.2, 0.25) is 0 Å². The number of rotatable bonds is 6. The minimum atomic E-state index is -0.392. The second-order valence-corrected chi connectivity index (χ2v) is 5.96. The summed E-state index contributed by atoms with van der Waals surface area (Å²) in [5, 5.41) is 17.0. The Morgan fingerprint density at radius 1 is 1.38 bits per heavy atom. The summed E-state index contributed by atoms with van der Waals surface area (Å²) in [7, 11) is 1.71. The van der Waals surface area contributed by atoms with Gasteiger partial charge in [-0.25, -0.2) is 4.98 Å². The molecule has 6 heteroatoms. The number of nitrogens with one attached hydrogen (secondary N) is 2. The van der Waals surface area contributed by atoms with Crippen molar-refractivity contribution < 1.29 is 4.92 Å². The van der Waals surface area contributed by atoms with Crippen molar-refractivity contribution in [1.82, 2.24) is 4.98 Å². The summed E-state index contributed by atoms with van der Waals surface area (Å²) in [4.78, 5) is 14.8. The number of aromatic nitrogens is 1. The molecule has 1 fully saturated rings. The Morgan fingerprint density at radius 2 is 2.14 bits per heavy atom. The number of hydrogen-bond donors (Lipinski definition) is 2. The van der Waals surface area contributed by atoms with Crippen molar-refractivity contribution in [3.05, 3.63) is 22.2 Å². The zero-order chi connectivity index (χ0) is 15.2. The summed E-state index contributed by atoms with van der Waals surface area (Å²) in [6.45, 7) is 3.13. The van der Waals surface area contributed by atoms with Crippen LogP contribution in [0.25, 0.3) is 0 Å². The lowest BCUT2D eigenvalue weighted by Crippen LogP contribution is -2.17. The third-order valence-electron chi connectivity index (χ3n) is 4.18. The second kappa shape index (κ2) is 7.24. The number of pyridine rings is 1. The molecule has 0 aromatic carbocycles. The van der Waals surface area contributed by atoms with Gasteiger partial charge < -0.3 is 10.6 Å². The standard InChI is InChI=1S/C15H24N4O2/c1-11-4-3-5-12(8-11)6-7-17-15-10-13(19(20)21)9-14(16-2)18-15/h9-12H,3-8H2,1-2H3,(H2,16,17,18). The van der Waals surface area contributed by atoms with E-state index < -0.39 is 4.92 Å². The van der Waals surface area contributed by atoms with Crippen molar-refractivity contribution in [2.45, 2.75) is 39.0 Å². The number of anilines is 2. The van der Waals surface area contributed by atoms with Gasteiger partial charge in [0.25, 0.3) is 5.69 Å². The maximum atomic E-state index is 10.9. The first-order valence-corrected chi connectivity index (χ1v) is 7.66. The highest BCUT2D eigenvalue weighted by Crippen LogP contribution is 2.30. The van der Waals surface area contributed by atoms with Crippen molar-refractivity contribution in [2.75, 3.05) is 24.2 Å². The fourth-order valence-corrected chi connectivity index (χ4v) is 3.07. The molecule has 116 valence electrons. The van der Waals surface area contributed by atoms with Crippen LogP contribution in [0.15, 0.2) is 12.1 Å². The van der Waals surface area contributed by atoms with E-state index in [1.54, 1.807) is 7.05 Å². The van der Waals surface area contributed by atoms with Crippen LogP contribution in [-0.2, 0) is 0 Å². The zero-order valence-corrected chi connectivity index (χ0v) is 12.8. The summed E-state index contributed by atoms with van der Waals surface area (Å²) in [6, 6.07) is 2.93. The Morgan fingerprint density at radius 3 is 2.81 bits per heavy atom. The maximum Gasteiger partial charge on any atom is 0.276 e. The molecule has 0 spiro atoms. The van der Waals surface area contributed by atoms with Gasteiger partial charge in [0.15, 0.2) is 0 Å². The molecular formula is C15H24N4O2. The van der Waals surface area contributed by atoms with E-state index in [1.165, 1.54) is 37.8 Å². The van der Waals surface area contributed by atoms with Crippen LogP contribution in [0.5, 0.6) is 0 Å². The molecule has 21 heavy (non-hydrogen) atoms. The molecule has 2 rings (SSSR count). The van der Waals surface area contributed by atoms with Gasteiger partial charge in [0.1, 0.15) is 11.6 Å². The minimum Gasteiger partial charge on any atom is -0.373 e. The predicted molar refractivity (Wildman–Crippen MR) is 84.7 cm³/mol. The van der Waals surface area contributed by atoms with E-state index >= 15 is 0 Å². The van der Waals surface area contributed by atoms with Gasteiger partial charge in [-0.3, -0.25) is 10.1 Å². The molecule has 0 radical (unpaired) electrons. The molecule has 1 aromatic heterocycles.